The van der Waals surface area contributed by atoms with Crippen molar-refractivity contribution in [3.63, 3.8) is 0 Å². The minimum atomic E-state index is -0.231. The van der Waals surface area contributed by atoms with Crippen molar-refractivity contribution in [2.24, 2.45) is 7.05 Å². The van der Waals surface area contributed by atoms with Crippen LogP contribution in [0.15, 0.2) is 69.3 Å². The molecule has 2 heterocycles. The molecule has 0 amide bonds. The summed E-state index contributed by atoms with van der Waals surface area (Å²) in [5.41, 5.74) is 2.35. The molecule has 4 nitrogen and oxygen atoms in total. The second-order valence-corrected chi connectivity index (χ2v) is 9.99. The van der Waals surface area contributed by atoms with Crippen LogP contribution in [-0.4, -0.2) is 12.8 Å². The number of fused-ring (bicyclic) bond motifs is 2. The average molecular weight is 473 g/mol. The number of nitrogens with zero attached hydrogens (tertiary/aromatic N) is 2. The lowest BCUT2D eigenvalue weighted by Crippen LogP contribution is -2.32. The number of anilines is 1. The zero-order chi connectivity index (χ0) is 21.2. The summed E-state index contributed by atoms with van der Waals surface area (Å²) in [6, 6.07) is 11.3. The number of thioether (sulfide) groups is 1. The van der Waals surface area contributed by atoms with E-state index in [4.69, 9.17) is 23.2 Å². The minimum Gasteiger partial charge on any atom is -0.871 e. The maximum Gasteiger partial charge on any atom is 0.263 e. The van der Waals surface area contributed by atoms with E-state index in [0.717, 1.165) is 30.8 Å². The standard InChI is InChI=1S/C22H14Cl2N2O2S2/c1-25-15-7-11(23)3-5-17(15)29-19(25)9-13-21(27)14(22(13)28)10-20-26(2)16-8-12(24)4-6-18(16)30-20/h3-10H,1-2H3. The third-order valence-electron chi connectivity index (χ3n) is 5.17. The van der Waals surface area contributed by atoms with Crippen molar-refractivity contribution in [2.75, 3.05) is 11.9 Å². The minimum absolute atomic E-state index is 0.210. The Hall–Kier alpha value is -2.25. The summed E-state index contributed by atoms with van der Waals surface area (Å²) < 4.78 is 2.98. The van der Waals surface area contributed by atoms with Gasteiger partial charge in [-0.2, -0.15) is 4.57 Å². The predicted molar refractivity (Wildman–Crippen MR) is 122 cm³/mol. The van der Waals surface area contributed by atoms with Gasteiger partial charge < -0.3 is 10.0 Å². The molecule has 150 valence electrons. The quantitative estimate of drug-likeness (QED) is 0.400. The molecule has 0 N–H and O–H groups in total. The first kappa shape index (κ1) is 19.7. The third kappa shape index (κ3) is 3.06. The zero-order valence-corrected chi connectivity index (χ0v) is 19.0. The highest BCUT2D eigenvalue weighted by molar-refractivity contribution is 8.03. The molecule has 30 heavy (non-hydrogen) atoms. The van der Waals surface area contributed by atoms with E-state index in [-0.39, 0.29) is 22.7 Å². The molecular formula is C22H14Cl2N2O2S2. The van der Waals surface area contributed by atoms with Gasteiger partial charge >= 0.3 is 0 Å². The number of carbonyl (C=O) groups is 1. The highest BCUT2D eigenvalue weighted by Crippen LogP contribution is 2.47. The fraction of sp³-hybridized carbons (Fsp3) is 0.0909. The van der Waals surface area contributed by atoms with Crippen molar-refractivity contribution in [2.45, 2.75) is 4.90 Å². The van der Waals surface area contributed by atoms with Gasteiger partial charge in [0, 0.05) is 45.3 Å². The van der Waals surface area contributed by atoms with Crippen LogP contribution in [0.2, 0.25) is 10.0 Å². The van der Waals surface area contributed by atoms with Crippen molar-refractivity contribution in [1.82, 2.24) is 0 Å². The number of Topliss-reactive ketones (excluding diaryl/α,β-unsaturated/α-hetero) is 1. The summed E-state index contributed by atoms with van der Waals surface area (Å²) in [5, 5.41) is 15.7. The van der Waals surface area contributed by atoms with E-state index in [0.29, 0.717) is 10.0 Å². The topological polar surface area (TPSA) is 47.2 Å². The highest BCUT2D eigenvalue weighted by atomic mass is 35.5. The zero-order valence-electron chi connectivity index (χ0n) is 15.9. The molecule has 5 rings (SSSR count). The van der Waals surface area contributed by atoms with Crippen LogP contribution in [0.25, 0.3) is 16.3 Å². The Labute approximate surface area is 191 Å². The molecule has 1 aromatic heterocycles. The Morgan fingerprint density at radius 1 is 1.10 bits per heavy atom. The predicted octanol–water partition coefficient (Wildman–Crippen LogP) is 4.70. The summed E-state index contributed by atoms with van der Waals surface area (Å²) in [6.07, 6.45) is 3.34. The van der Waals surface area contributed by atoms with Gasteiger partial charge in [0.1, 0.15) is 11.7 Å². The van der Waals surface area contributed by atoms with Crippen LogP contribution in [0.5, 0.6) is 0 Å². The van der Waals surface area contributed by atoms with Gasteiger partial charge in [-0.05, 0) is 36.4 Å². The molecule has 0 spiro atoms. The maximum atomic E-state index is 12.7. The van der Waals surface area contributed by atoms with Crippen LogP contribution in [0.4, 0.5) is 5.69 Å². The van der Waals surface area contributed by atoms with E-state index in [9.17, 15) is 9.90 Å². The summed E-state index contributed by atoms with van der Waals surface area (Å²) >= 11 is 15.2. The second kappa shape index (κ2) is 7.17. The molecule has 0 saturated heterocycles. The van der Waals surface area contributed by atoms with Gasteiger partial charge in [0.25, 0.3) is 5.01 Å². The fourth-order valence-electron chi connectivity index (χ4n) is 3.47. The summed E-state index contributed by atoms with van der Waals surface area (Å²) in [6.45, 7) is 0. The summed E-state index contributed by atoms with van der Waals surface area (Å²) in [4.78, 5) is 15.7. The molecule has 0 atom stereocenters. The van der Waals surface area contributed by atoms with Gasteiger partial charge in [-0.25, -0.2) is 0 Å². The van der Waals surface area contributed by atoms with E-state index in [1.165, 1.54) is 23.1 Å². The number of aromatic nitrogens is 1. The first-order valence-electron chi connectivity index (χ1n) is 9.02. The summed E-state index contributed by atoms with van der Waals surface area (Å²) in [7, 11) is 3.79. The molecule has 0 bridgehead atoms. The van der Waals surface area contributed by atoms with E-state index in [1.54, 1.807) is 12.2 Å². The number of ketones is 1. The molecular weight excluding hydrogens is 459 g/mol. The first-order valence-corrected chi connectivity index (χ1v) is 11.4. The molecule has 8 heteroatoms. The second-order valence-electron chi connectivity index (χ2n) is 7.00. The lowest BCUT2D eigenvalue weighted by Gasteiger charge is -2.28. The van der Waals surface area contributed by atoms with Crippen LogP contribution in [0, 0.1) is 0 Å². The molecule has 0 unspecified atom stereocenters. The van der Waals surface area contributed by atoms with E-state index < -0.39 is 0 Å². The van der Waals surface area contributed by atoms with Crippen molar-refractivity contribution in [3.8, 4) is 0 Å². The van der Waals surface area contributed by atoms with Gasteiger partial charge in [0.2, 0.25) is 5.52 Å². The van der Waals surface area contributed by atoms with Gasteiger partial charge in [-0.15, -0.1) is 0 Å². The molecule has 2 aromatic carbocycles. The third-order valence-corrected chi connectivity index (χ3v) is 7.97. The Balaban J connectivity index is 1.49. The fourth-order valence-corrected chi connectivity index (χ4v) is 5.95. The number of carbonyl (C=O) groups excluding carboxylic acids is 1. The van der Waals surface area contributed by atoms with Gasteiger partial charge in [0.05, 0.1) is 10.7 Å². The van der Waals surface area contributed by atoms with Gasteiger partial charge in [-0.3, -0.25) is 4.79 Å². The number of aryl methyl sites for hydroxylation is 1. The monoisotopic (exact) mass is 472 g/mol. The van der Waals surface area contributed by atoms with E-state index >= 15 is 0 Å². The van der Waals surface area contributed by atoms with Crippen LogP contribution in [-0.2, 0) is 11.8 Å². The normalized spacial score (nSPS) is 18.7. The number of benzene rings is 2. The molecule has 1 aliphatic heterocycles. The van der Waals surface area contributed by atoms with Crippen molar-refractivity contribution >= 4 is 74.1 Å². The molecule has 3 aromatic rings. The molecule has 0 radical (unpaired) electrons. The van der Waals surface area contributed by atoms with Gasteiger partial charge in [-0.1, -0.05) is 52.1 Å². The highest BCUT2D eigenvalue weighted by Gasteiger charge is 2.30. The van der Waals surface area contributed by atoms with E-state index in [2.05, 4.69) is 0 Å². The number of allylic oxidation sites excluding steroid dienone is 3. The first-order chi connectivity index (χ1) is 14.3. The smallest absolute Gasteiger partial charge is 0.263 e. The SMILES string of the molecule is CN1/C(=C/C2=C([O-])C(=C/c3sc4ccc(Cl)cc4[n+]3C)/C2=O)Sc2ccc(Cl)cc21. The summed E-state index contributed by atoms with van der Waals surface area (Å²) in [5.74, 6) is -0.461. The molecule has 1 aliphatic carbocycles. The largest absolute Gasteiger partial charge is 0.871 e. The Bertz CT molecular complexity index is 1350. The Morgan fingerprint density at radius 2 is 1.83 bits per heavy atom. The number of thiazole rings is 1. The van der Waals surface area contributed by atoms with Crippen LogP contribution >= 0.6 is 46.3 Å². The Kier molecular flexibility index (Phi) is 4.71. The number of rotatable bonds is 2. The van der Waals surface area contributed by atoms with Crippen LogP contribution < -0.4 is 14.6 Å². The average Bonchev–Trinajstić information content (AvgIpc) is 3.21. The maximum absolute atomic E-state index is 12.7. The Morgan fingerprint density at radius 3 is 2.60 bits per heavy atom. The lowest BCUT2D eigenvalue weighted by molar-refractivity contribution is -0.642. The van der Waals surface area contributed by atoms with E-state index in [1.807, 2.05) is 60.0 Å². The molecule has 2 aliphatic rings. The number of hydrogen-bond acceptors (Lipinski definition) is 5. The van der Waals surface area contributed by atoms with Crippen molar-refractivity contribution in [1.29, 1.82) is 0 Å². The number of hydrogen-bond donors (Lipinski definition) is 0. The van der Waals surface area contributed by atoms with Crippen molar-refractivity contribution in [3.05, 3.63) is 79.5 Å². The van der Waals surface area contributed by atoms with Crippen molar-refractivity contribution < 1.29 is 14.5 Å². The molecule has 0 fully saturated rings. The number of halogens is 2. The van der Waals surface area contributed by atoms with Crippen LogP contribution in [0.1, 0.15) is 5.01 Å². The van der Waals surface area contributed by atoms with Crippen LogP contribution in [0.3, 0.4) is 0 Å². The lowest BCUT2D eigenvalue weighted by atomic mass is 9.88. The van der Waals surface area contributed by atoms with Gasteiger partial charge in [0.15, 0.2) is 5.78 Å². The molecule has 0 saturated carbocycles.